The van der Waals surface area contributed by atoms with Crippen LogP contribution in [0.25, 0.3) is 0 Å². The Kier molecular flexibility index (Phi) is 7.48. The minimum atomic E-state index is -0.699. The molecule has 3 fully saturated rings. The number of aliphatic hydroxyl groups excluding tert-OH is 1. The molecule has 10 heteroatoms. The fourth-order valence-corrected chi connectivity index (χ4v) is 5.95. The molecule has 170 valence electrons. The molecule has 4 rings (SSSR count). The van der Waals surface area contributed by atoms with E-state index in [9.17, 15) is 9.50 Å². The summed E-state index contributed by atoms with van der Waals surface area (Å²) in [6.07, 6.45) is 5.64. The average molecular weight is 470 g/mol. The number of halogens is 2. The number of nitrogens with zero attached hydrogens (tertiary/aromatic N) is 5. The summed E-state index contributed by atoms with van der Waals surface area (Å²) in [6, 6.07) is 0. The van der Waals surface area contributed by atoms with E-state index in [1.54, 1.807) is 11.8 Å². The second kappa shape index (κ2) is 10.1. The third kappa shape index (κ3) is 4.90. The molecule has 0 radical (unpaired) electrons. The van der Waals surface area contributed by atoms with Crippen LogP contribution in [0.4, 0.5) is 4.39 Å². The van der Waals surface area contributed by atoms with Gasteiger partial charge in [0.25, 0.3) is 0 Å². The Morgan fingerprint density at radius 1 is 1.39 bits per heavy atom. The van der Waals surface area contributed by atoms with Gasteiger partial charge in [0.2, 0.25) is 0 Å². The van der Waals surface area contributed by atoms with E-state index in [2.05, 4.69) is 26.6 Å². The normalized spacial score (nSPS) is 29.5. The lowest BCUT2D eigenvalue weighted by molar-refractivity contribution is 0.0392. The number of hydrogen-bond donors (Lipinski definition) is 1. The highest BCUT2D eigenvalue weighted by molar-refractivity contribution is 7.99. The first kappa shape index (κ1) is 22.9. The number of allylic oxidation sites excluding steroid dienone is 2. The zero-order valence-electron chi connectivity index (χ0n) is 17.6. The van der Waals surface area contributed by atoms with Crippen LogP contribution in [-0.2, 0) is 4.74 Å². The van der Waals surface area contributed by atoms with Crippen LogP contribution in [-0.4, -0.2) is 96.2 Å². The molecule has 0 spiro atoms. The molecule has 0 aromatic heterocycles. The van der Waals surface area contributed by atoms with E-state index in [1.807, 2.05) is 4.90 Å². The van der Waals surface area contributed by atoms with Gasteiger partial charge in [0, 0.05) is 36.3 Å². The second-order valence-electron chi connectivity index (χ2n) is 8.34. The average Bonchev–Trinajstić information content (AvgIpc) is 3.25. The summed E-state index contributed by atoms with van der Waals surface area (Å²) < 4.78 is 20.8. The maximum atomic E-state index is 14.9. The van der Waals surface area contributed by atoms with E-state index in [0.717, 1.165) is 31.7 Å². The summed E-state index contributed by atoms with van der Waals surface area (Å²) in [5.74, 6) is 1.22. The van der Waals surface area contributed by atoms with Crippen LogP contribution < -0.4 is 0 Å². The van der Waals surface area contributed by atoms with E-state index >= 15 is 0 Å². The fraction of sp³-hybridized carbons (Fsp3) is 0.667. The van der Waals surface area contributed by atoms with E-state index < -0.39 is 11.9 Å². The molecule has 1 unspecified atom stereocenters. The van der Waals surface area contributed by atoms with Gasteiger partial charge in [-0.3, -0.25) is 9.89 Å². The molecule has 1 N–H and O–H groups in total. The Balaban J connectivity index is 1.53. The van der Waals surface area contributed by atoms with Gasteiger partial charge in [0.1, 0.15) is 18.3 Å². The molecule has 0 amide bonds. The van der Waals surface area contributed by atoms with Gasteiger partial charge in [-0.25, -0.2) is 14.4 Å². The number of fused-ring (bicyclic) bond motifs is 1. The lowest BCUT2D eigenvalue weighted by Gasteiger charge is -2.31. The Morgan fingerprint density at radius 3 is 2.90 bits per heavy atom. The van der Waals surface area contributed by atoms with E-state index in [1.165, 1.54) is 19.1 Å². The highest BCUT2D eigenvalue weighted by Gasteiger charge is 2.44. The van der Waals surface area contributed by atoms with Crippen LogP contribution >= 0.6 is 23.4 Å². The second-order valence-corrected chi connectivity index (χ2v) is 9.84. The molecular weight excluding hydrogens is 441 g/mol. The SMILES string of the molecule is C=N/C(=C1/C=NC(Cl)=C(F)/C1=N/COCC12CCCN1CCC2)N1CCSCC(O)C1. The zero-order chi connectivity index (χ0) is 21.8. The Bertz CT molecular complexity index is 821. The first-order chi connectivity index (χ1) is 15.0. The minimum absolute atomic E-state index is 0.0305. The number of ether oxygens (including phenoxy) is 1. The van der Waals surface area contributed by atoms with Crippen LogP contribution in [0.2, 0.25) is 0 Å². The van der Waals surface area contributed by atoms with Crippen molar-refractivity contribution in [1.82, 2.24) is 9.80 Å². The van der Waals surface area contributed by atoms with Crippen molar-refractivity contribution in [3.8, 4) is 0 Å². The third-order valence-corrected chi connectivity index (χ3v) is 7.74. The van der Waals surface area contributed by atoms with Crippen molar-refractivity contribution in [2.75, 3.05) is 51.0 Å². The molecule has 0 aromatic carbocycles. The van der Waals surface area contributed by atoms with Crippen molar-refractivity contribution in [2.24, 2.45) is 15.0 Å². The lowest BCUT2D eigenvalue weighted by atomic mass is 9.95. The van der Waals surface area contributed by atoms with Crippen LogP contribution in [0, 0.1) is 0 Å². The highest BCUT2D eigenvalue weighted by Crippen LogP contribution is 2.39. The van der Waals surface area contributed by atoms with Crippen molar-refractivity contribution < 1.29 is 14.2 Å². The summed E-state index contributed by atoms with van der Waals surface area (Å²) >= 11 is 7.62. The molecule has 4 aliphatic heterocycles. The number of aliphatic imine (C=N–C) groups is 3. The van der Waals surface area contributed by atoms with Gasteiger partial charge in [-0.1, -0.05) is 11.6 Å². The summed E-state index contributed by atoms with van der Waals surface area (Å²) in [6.45, 7) is 7.60. The van der Waals surface area contributed by atoms with Gasteiger partial charge in [0.15, 0.2) is 11.0 Å². The summed E-state index contributed by atoms with van der Waals surface area (Å²) in [5.41, 5.74) is 0.592. The smallest absolute Gasteiger partial charge is 0.186 e. The number of hydrogen-bond acceptors (Lipinski definition) is 8. The van der Waals surface area contributed by atoms with E-state index in [-0.39, 0.29) is 23.1 Å². The number of β-amino-alcohol motifs (C(OH)–C–C–N with tert-alkyl or cyclic N) is 1. The molecular formula is C21H29ClFN5O2S. The quantitative estimate of drug-likeness (QED) is 0.368. The van der Waals surface area contributed by atoms with Crippen molar-refractivity contribution in [2.45, 2.75) is 37.3 Å². The number of rotatable bonds is 6. The van der Waals surface area contributed by atoms with Gasteiger partial charge in [0.05, 0.1) is 18.3 Å². The van der Waals surface area contributed by atoms with Crippen LogP contribution in [0.15, 0.2) is 37.4 Å². The van der Waals surface area contributed by atoms with Gasteiger partial charge in [-0.2, -0.15) is 11.8 Å². The summed E-state index contributed by atoms with van der Waals surface area (Å²) in [7, 11) is 0. The molecule has 1 atom stereocenters. The lowest BCUT2D eigenvalue weighted by Crippen LogP contribution is -2.42. The van der Waals surface area contributed by atoms with Crippen LogP contribution in [0.3, 0.4) is 0 Å². The van der Waals surface area contributed by atoms with Gasteiger partial charge >= 0.3 is 0 Å². The van der Waals surface area contributed by atoms with Gasteiger partial charge in [-0.05, 0) is 45.5 Å². The highest BCUT2D eigenvalue weighted by atomic mass is 35.5. The van der Waals surface area contributed by atoms with E-state index in [0.29, 0.717) is 36.8 Å². The maximum Gasteiger partial charge on any atom is 0.186 e. The first-order valence-electron chi connectivity index (χ1n) is 10.7. The number of aliphatic hydroxyl groups is 1. The van der Waals surface area contributed by atoms with Crippen molar-refractivity contribution >= 4 is 42.0 Å². The fourth-order valence-electron chi connectivity index (χ4n) is 4.92. The molecule has 0 aromatic rings. The molecule has 0 aliphatic carbocycles. The van der Waals surface area contributed by atoms with Crippen LogP contribution in [0.1, 0.15) is 25.7 Å². The van der Waals surface area contributed by atoms with Crippen molar-refractivity contribution in [3.63, 3.8) is 0 Å². The largest absolute Gasteiger partial charge is 0.390 e. The molecule has 4 heterocycles. The molecule has 4 aliphatic rings. The Labute approximate surface area is 191 Å². The van der Waals surface area contributed by atoms with Gasteiger partial charge < -0.3 is 14.7 Å². The standard InChI is InChI=1S/C21H29ClFN5O2S/c1-24-20(27-8-9-31-12-15(29)11-27)16-10-25-19(22)17(23)18(16)26-14-30-13-21-4-2-6-28(21)7-3-5-21/h10,15,29H,1-9,11-14H2/b20-16+,26-18+. The third-order valence-electron chi connectivity index (χ3n) is 6.38. The molecule has 0 bridgehead atoms. The first-order valence-corrected chi connectivity index (χ1v) is 12.3. The van der Waals surface area contributed by atoms with E-state index in [4.69, 9.17) is 16.3 Å². The van der Waals surface area contributed by atoms with Crippen LogP contribution in [0.5, 0.6) is 0 Å². The molecule has 31 heavy (non-hydrogen) atoms. The molecule has 7 nitrogen and oxygen atoms in total. The molecule has 3 saturated heterocycles. The zero-order valence-corrected chi connectivity index (χ0v) is 19.2. The van der Waals surface area contributed by atoms with Gasteiger partial charge in [-0.15, -0.1) is 0 Å². The number of thioether (sulfide) groups is 1. The summed E-state index contributed by atoms with van der Waals surface area (Å²) in [5, 5.41) is 9.93. The van der Waals surface area contributed by atoms with Crippen molar-refractivity contribution in [1.29, 1.82) is 0 Å². The Morgan fingerprint density at radius 2 is 2.16 bits per heavy atom. The topological polar surface area (TPSA) is 73.0 Å². The minimum Gasteiger partial charge on any atom is -0.390 e. The van der Waals surface area contributed by atoms with Crippen molar-refractivity contribution in [3.05, 3.63) is 22.4 Å². The molecule has 0 saturated carbocycles. The predicted molar refractivity (Wildman–Crippen MR) is 125 cm³/mol. The predicted octanol–water partition coefficient (Wildman–Crippen LogP) is 2.81. The summed E-state index contributed by atoms with van der Waals surface area (Å²) in [4.78, 5) is 16.9. The Hall–Kier alpha value is -1.26. The monoisotopic (exact) mass is 469 g/mol. The maximum absolute atomic E-state index is 14.9.